The van der Waals surface area contributed by atoms with Crippen molar-refractivity contribution in [1.82, 2.24) is 4.98 Å². The number of halogens is 1. The van der Waals surface area contributed by atoms with Gasteiger partial charge in [-0.05, 0) is 47.1 Å². The molecule has 98 valence electrons. The van der Waals surface area contributed by atoms with Crippen LogP contribution in [-0.2, 0) is 4.79 Å². The topological polar surface area (TPSA) is 42.0 Å². The van der Waals surface area contributed by atoms with Gasteiger partial charge in [-0.1, -0.05) is 18.2 Å². The van der Waals surface area contributed by atoms with Crippen molar-refractivity contribution in [3.63, 3.8) is 0 Å². The molecule has 0 atom stereocenters. The quantitative estimate of drug-likeness (QED) is 0.680. The van der Waals surface area contributed by atoms with E-state index in [0.717, 1.165) is 20.9 Å². The molecular weight excluding hydrogens is 324 g/mol. The molecule has 1 aromatic heterocycles. The van der Waals surface area contributed by atoms with E-state index in [9.17, 15) is 4.79 Å². The van der Waals surface area contributed by atoms with E-state index in [4.69, 9.17) is 0 Å². The zero-order valence-electron chi connectivity index (χ0n) is 10.4. The number of carbonyl (C=O) groups is 1. The van der Waals surface area contributed by atoms with Crippen LogP contribution in [0.5, 0.6) is 0 Å². The van der Waals surface area contributed by atoms with Crippen molar-refractivity contribution in [3.05, 3.63) is 52.8 Å². The van der Waals surface area contributed by atoms with Gasteiger partial charge in [0.2, 0.25) is 5.91 Å². The molecule has 0 spiro atoms. The Morgan fingerprint density at radius 3 is 2.68 bits per heavy atom. The summed E-state index contributed by atoms with van der Waals surface area (Å²) in [6, 6.07) is 13.5. The molecule has 1 aromatic carbocycles. The number of hydrogen-bond acceptors (Lipinski definition) is 3. The number of carbonyl (C=O) groups excluding carboxylic acids is 1. The summed E-state index contributed by atoms with van der Waals surface area (Å²) in [6.45, 7) is 1.87. The highest BCUT2D eigenvalue weighted by molar-refractivity contribution is 9.10. The molecule has 3 nitrogen and oxygen atoms in total. The van der Waals surface area contributed by atoms with E-state index in [-0.39, 0.29) is 5.91 Å². The first kappa shape index (κ1) is 14.1. The van der Waals surface area contributed by atoms with Crippen LogP contribution < -0.4 is 5.32 Å². The van der Waals surface area contributed by atoms with E-state index >= 15 is 0 Å². The highest BCUT2D eigenvalue weighted by atomic mass is 79.9. The van der Waals surface area contributed by atoms with E-state index in [1.807, 2.05) is 49.4 Å². The third-order valence-corrected chi connectivity index (χ3v) is 3.89. The summed E-state index contributed by atoms with van der Waals surface area (Å²) in [5.41, 5.74) is 1.55. The highest BCUT2D eigenvalue weighted by Gasteiger charge is 2.06. The van der Waals surface area contributed by atoms with Gasteiger partial charge in [0.05, 0.1) is 17.1 Å². The molecule has 0 unspecified atom stereocenters. The van der Waals surface area contributed by atoms with Crippen LogP contribution >= 0.6 is 27.7 Å². The molecular formula is C14H13BrN2OS. The molecule has 1 heterocycles. The Morgan fingerprint density at radius 2 is 2.00 bits per heavy atom. The van der Waals surface area contributed by atoms with Crippen LogP contribution in [0.3, 0.4) is 0 Å². The van der Waals surface area contributed by atoms with Crippen molar-refractivity contribution in [3.8, 4) is 0 Å². The summed E-state index contributed by atoms with van der Waals surface area (Å²) in [4.78, 5) is 17.2. The second-order valence-corrected chi connectivity index (χ2v) is 5.78. The van der Waals surface area contributed by atoms with E-state index in [1.54, 1.807) is 0 Å². The van der Waals surface area contributed by atoms with Crippen molar-refractivity contribution in [1.29, 1.82) is 0 Å². The van der Waals surface area contributed by atoms with E-state index in [1.165, 1.54) is 11.8 Å². The molecule has 1 N–H and O–H groups in total. The summed E-state index contributed by atoms with van der Waals surface area (Å²) < 4.78 is 0.765. The van der Waals surface area contributed by atoms with Crippen LogP contribution in [0.15, 0.2) is 52.0 Å². The number of hydrogen-bond donors (Lipinski definition) is 1. The molecule has 0 aliphatic rings. The van der Waals surface area contributed by atoms with Crippen LogP contribution in [-0.4, -0.2) is 16.6 Å². The van der Waals surface area contributed by atoms with Crippen LogP contribution in [0.4, 0.5) is 5.69 Å². The summed E-state index contributed by atoms with van der Waals surface area (Å²) >= 11 is 4.81. The van der Waals surface area contributed by atoms with Gasteiger partial charge in [0.15, 0.2) is 0 Å². The van der Waals surface area contributed by atoms with Gasteiger partial charge in [0.1, 0.15) is 4.60 Å². The van der Waals surface area contributed by atoms with Crippen molar-refractivity contribution in [2.45, 2.75) is 11.8 Å². The molecule has 0 radical (unpaired) electrons. The van der Waals surface area contributed by atoms with E-state index < -0.39 is 0 Å². The fraction of sp³-hybridized carbons (Fsp3) is 0.143. The smallest absolute Gasteiger partial charge is 0.234 e. The van der Waals surface area contributed by atoms with E-state index in [2.05, 4.69) is 26.2 Å². The first-order valence-electron chi connectivity index (χ1n) is 5.76. The van der Waals surface area contributed by atoms with Gasteiger partial charge in [-0.15, -0.1) is 11.8 Å². The first-order chi connectivity index (χ1) is 9.15. The monoisotopic (exact) mass is 336 g/mol. The average Bonchev–Trinajstić information content (AvgIpc) is 2.41. The molecule has 0 saturated heterocycles. The second kappa shape index (κ2) is 6.73. The third-order valence-electron chi connectivity index (χ3n) is 2.44. The Kier molecular flexibility index (Phi) is 4.99. The maximum Gasteiger partial charge on any atom is 0.234 e. The lowest BCUT2D eigenvalue weighted by Crippen LogP contribution is -2.15. The number of amides is 1. The lowest BCUT2D eigenvalue weighted by molar-refractivity contribution is -0.113. The predicted molar refractivity (Wildman–Crippen MR) is 82.5 cm³/mol. The molecule has 19 heavy (non-hydrogen) atoms. The number of thioether (sulfide) groups is 1. The molecule has 2 aromatic rings. The molecule has 5 heteroatoms. The van der Waals surface area contributed by atoms with Crippen molar-refractivity contribution in [2.75, 3.05) is 11.1 Å². The number of rotatable bonds is 4. The van der Waals surface area contributed by atoms with Crippen molar-refractivity contribution < 1.29 is 4.79 Å². The molecule has 0 aliphatic carbocycles. The minimum absolute atomic E-state index is 0.0268. The summed E-state index contributed by atoms with van der Waals surface area (Å²) in [5, 5.41) is 2.86. The third kappa shape index (κ3) is 4.36. The maximum absolute atomic E-state index is 11.9. The van der Waals surface area contributed by atoms with Crippen molar-refractivity contribution >= 4 is 39.3 Å². The first-order valence-corrected chi connectivity index (χ1v) is 7.54. The van der Waals surface area contributed by atoms with Gasteiger partial charge in [0, 0.05) is 4.90 Å². The van der Waals surface area contributed by atoms with Crippen molar-refractivity contribution in [2.24, 2.45) is 0 Å². The fourth-order valence-electron chi connectivity index (χ4n) is 1.51. The molecule has 2 rings (SSSR count). The molecule has 0 saturated carbocycles. The predicted octanol–water partition coefficient (Wildman–Crippen LogP) is 3.88. The van der Waals surface area contributed by atoms with Gasteiger partial charge < -0.3 is 5.32 Å². The standard InChI is InChI=1S/C14H13BrN2OS/c1-10-12(7-8-13(15)16-10)17-14(18)9-19-11-5-3-2-4-6-11/h2-8H,9H2,1H3,(H,17,18). The number of aromatic nitrogens is 1. The van der Waals surface area contributed by atoms with Gasteiger partial charge in [-0.2, -0.15) is 0 Å². The Labute approximate surface area is 125 Å². The number of nitrogens with one attached hydrogen (secondary N) is 1. The van der Waals surface area contributed by atoms with Crippen LogP contribution in [0.25, 0.3) is 0 Å². The Hall–Kier alpha value is -1.33. The summed E-state index contributed by atoms with van der Waals surface area (Å²) in [6.07, 6.45) is 0. The van der Waals surface area contributed by atoms with Gasteiger partial charge in [-0.3, -0.25) is 4.79 Å². The maximum atomic E-state index is 11.9. The normalized spacial score (nSPS) is 10.2. The van der Waals surface area contributed by atoms with Gasteiger partial charge in [-0.25, -0.2) is 4.98 Å². The van der Waals surface area contributed by atoms with Crippen LogP contribution in [0.2, 0.25) is 0 Å². The largest absolute Gasteiger partial charge is 0.324 e. The average molecular weight is 337 g/mol. The Balaban J connectivity index is 1.91. The number of anilines is 1. The zero-order chi connectivity index (χ0) is 13.7. The number of pyridine rings is 1. The summed E-state index contributed by atoms with van der Waals surface area (Å²) in [5.74, 6) is 0.362. The summed E-state index contributed by atoms with van der Waals surface area (Å²) in [7, 11) is 0. The Bertz CT molecular complexity index is 575. The molecule has 0 fully saturated rings. The second-order valence-electron chi connectivity index (χ2n) is 3.92. The lowest BCUT2D eigenvalue weighted by atomic mass is 10.3. The zero-order valence-corrected chi connectivity index (χ0v) is 12.8. The number of aryl methyl sites for hydroxylation is 1. The number of nitrogens with zero attached hydrogens (tertiary/aromatic N) is 1. The van der Waals surface area contributed by atoms with Crippen LogP contribution in [0, 0.1) is 6.92 Å². The van der Waals surface area contributed by atoms with Gasteiger partial charge >= 0.3 is 0 Å². The Morgan fingerprint density at radius 1 is 1.26 bits per heavy atom. The van der Waals surface area contributed by atoms with E-state index in [0.29, 0.717) is 5.75 Å². The minimum atomic E-state index is -0.0268. The van der Waals surface area contributed by atoms with Gasteiger partial charge in [0.25, 0.3) is 0 Å². The molecule has 0 bridgehead atoms. The number of benzene rings is 1. The SMILES string of the molecule is Cc1nc(Br)ccc1NC(=O)CSc1ccccc1. The fourth-order valence-corrected chi connectivity index (χ4v) is 2.63. The molecule has 1 amide bonds. The van der Waals surface area contributed by atoms with Crippen LogP contribution in [0.1, 0.15) is 5.69 Å². The molecule has 0 aliphatic heterocycles. The highest BCUT2D eigenvalue weighted by Crippen LogP contribution is 2.19. The lowest BCUT2D eigenvalue weighted by Gasteiger charge is -2.07. The minimum Gasteiger partial charge on any atom is -0.324 e.